The monoisotopic (exact) mass is 784 g/mol. The first-order valence-corrected chi connectivity index (χ1v) is 23.4. The van der Waals surface area contributed by atoms with E-state index in [2.05, 4.69) is 12.2 Å². The van der Waals surface area contributed by atoms with Gasteiger partial charge in [-0.1, -0.05) is 135 Å². The van der Waals surface area contributed by atoms with Crippen LogP contribution in [0, 0.1) is 11.3 Å². The molecule has 0 spiro atoms. The third kappa shape index (κ3) is 15.9. The molecule has 0 radical (unpaired) electrons. The van der Waals surface area contributed by atoms with E-state index in [1.54, 1.807) is 0 Å². The number of fused-ring (bicyclic) bond motifs is 3. The maximum atomic E-state index is 11.5. The van der Waals surface area contributed by atoms with Crippen molar-refractivity contribution >= 4 is 0 Å². The Hall–Kier alpha value is -0.400. The van der Waals surface area contributed by atoms with Crippen LogP contribution in [0.3, 0.4) is 0 Å². The van der Waals surface area contributed by atoms with E-state index in [4.69, 9.17) is 14.2 Å². The average Bonchev–Trinajstić information content (AvgIpc) is 3.19. The molecule has 0 amide bonds. The number of hydrogen-bond acceptors (Lipinski definition) is 10. The molecule has 7 N–H and O–H groups in total. The summed E-state index contributed by atoms with van der Waals surface area (Å²) in [4.78, 5) is 0. The molecule has 2 saturated heterocycles. The second kappa shape index (κ2) is 25.9. The zero-order chi connectivity index (χ0) is 39.4. The summed E-state index contributed by atoms with van der Waals surface area (Å²) < 4.78 is 17.2. The van der Waals surface area contributed by atoms with E-state index in [1.807, 2.05) is 0 Å². The second-order valence-corrected chi connectivity index (χ2v) is 18.6. The number of ether oxygens (including phenoxy) is 3. The quantitative estimate of drug-likeness (QED) is 0.0348. The standard InChI is InChI=1S/C45H85NO9/c1-2-3-4-5-6-7-8-9-10-13-16-19-22-37(48)39(49)36(32-54-43-42(52)41(51)40(50)38(31-47)55-43)46-45(33-53-34-45)27-21-18-15-12-11-14-17-20-26-44-28-23-35(24-29-44)25-30-44/h35-43,46-52H,2-34H2,1H3/t35?,36-,37+,38?,39-,40?,41?,42?,43?,44?/m0/s1. The van der Waals surface area contributed by atoms with Gasteiger partial charge >= 0.3 is 0 Å². The summed E-state index contributed by atoms with van der Waals surface area (Å²) >= 11 is 0. The minimum Gasteiger partial charge on any atom is -0.394 e. The van der Waals surface area contributed by atoms with E-state index in [-0.39, 0.29) is 12.1 Å². The van der Waals surface area contributed by atoms with Gasteiger partial charge in [-0.2, -0.15) is 0 Å². The van der Waals surface area contributed by atoms with Crippen molar-refractivity contribution in [2.24, 2.45) is 11.3 Å². The van der Waals surface area contributed by atoms with E-state index in [0.717, 1.165) is 44.4 Å². The van der Waals surface area contributed by atoms with Gasteiger partial charge in [-0.05, 0) is 69.1 Å². The van der Waals surface area contributed by atoms with Crippen molar-refractivity contribution < 1.29 is 44.8 Å². The van der Waals surface area contributed by atoms with Crippen LogP contribution in [0.25, 0.3) is 0 Å². The Balaban J connectivity index is 1.16. The van der Waals surface area contributed by atoms with Crippen LogP contribution < -0.4 is 5.32 Å². The van der Waals surface area contributed by atoms with Crippen molar-refractivity contribution in [1.29, 1.82) is 0 Å². The highest BCUT2D eigenvalue weighted by Crippen LogP contribution is 2.52. The topological polar surface area (TPSA) is 161 Å². The largest absolute Gasteiger partial charge is 0.394 e. The molecule has 2 aliphatic heterocycles. The lowest BCUT2D eigenvalue weighted by molar-refractivity contribution is -0.303. The first kappa shape index (κ1) is 47.3. The summed E-state index contributed by atoms with van der Waals surface area (Å²) in [7, 11) is 0. The molecule has 5 aliphatic rings. The van der Waals surface area contributed by atoms with E-state index in [9.17, 15) is 30.6 Å². The Labute approximate surface area is 334 Å². The minimum atomic E-state index is -1.55. The third-order valence-corrected chi connectivity index (χ3v) is 14.1. The number of hydrogen-bond donors (Lipinski definition) is 7. The maximum absolute atomic E-state index is 11.5. The first-order valence-electron chi connectivity index (χ1n) is 23.4. The zero-order valence-electron chi connectivity index (χ0n) is 34.9. The summed E-state index contributed by atoms with van der Waals surface area (Å²) in [6, 6.07) is -0.688. The smallest absolute Gasteiger partial charge is 0.186 e. The Morgan fingerprint density at radius 1 is 0.655 bits per heavy atom. The van der Waals surface area contributed by atoms with Gasteiger partial charge in [-0.3, -0.25) is 5.32 Å². The van der Waals surface area contributed by atoms with E-state index in [1.165, 1.54) is 141 Å². The molecular formula is C45H85NO9. The van der Waals surface area contributed by atoms with Crippen LogP contribution in [0.2, 0.25) is 0 Å². The third-order valence-electron chi connectivity index (χ3n) is 14.1. The summed E-state index contributed by atoms with van der Waals surface area (Å²) in [5.41, 5.74) is 0.354. The van der Waals surface area contributed by atoms with Gasteiger partial charge in [0.15, 0.2) is 6.29 Å². The lowest BCUT2D eigenvalue weighted by atomic mass is 9.59. The molecule has 10 heteroatoms. The SMILES string of the molecule is CCCCCCCCCCCCCC[C@@H](O)[C@@H](O)[C@H](COC1OC(CO)C(O)C(O)C1O)NC1(CCCCCCCCCCC23CCC(CC2)CC3)COC1. The van der Waals surface area contributed by atoms with Crippen LogP contribution >= 0.6 is 0 Å². The molecule has 5 fully saturated rings. The number of unbranched alkanes of at least 4 members (excludes halogenated alkanes) is 18. The Bertz CT molecular complexity index is 960. The predicted molar refractivity (Wildman–Crippen MR) is 218 cm³/mol. The molecule has 0 aromatic rings. The van der Waals surface area contributed by atoms with Crippen LogP contribution in [-0.4, -0.2) is 112 Å². The highest BCUT2D eigenvalue weighted by Gasteiger charge is 2.46. The highest BCUT2D eigenvalue weighted by molar-refractivity contribution is 4.99. The molecule has 8 atom stereocenters. The summed E-state index contributed by atoms with van der Waals surface area (Å²) in [5.74, 6) is 1.04. The van der Waals surface area contributed by atoms with Gasteiger partial charge in [0, 0.05) is 0 Å². The summed E-state index contributed by atoms with van der Waals surface area (Å²) in [6.07, 6.45) is 27.5. The molecule has 5 unspecified atom stereocenters. The Morgan fingerprint density at radius 3 is 1.67 bits per heavy atom. The first-order chi connectivity index (χ1) is 26.7. The highest BCUT2D eigenvalue weighted by atomic mass is 16.7. The lowest BCUT2D eigenvalue weighted by Crippen LogP contribution is -2.67. The van der Waals surface area contributed by atoms with Crippen molar-refractivity contribution in [3.8, 4) is 0 Å². The van der Waals surface area contributed by atoms with Gasteiger partial charge in [-0.25, -0.2) is 0 Å². The molecule has 5 rings (SSSR count). The minimum absolute atomic E-state index is 0.108. The van der Waals surface area contributed by atoms with Gasteiger partial charge in [-0.15, -0.1) is 0 Å². The Kier molecular flexibility index (Phi) is 22.3. The molecule has 3 aliphatic carbocycles. The normalized spacial score (nSPS) is 30.6. The van der Waals surface area contributed by atoms with E-state index >= 15 is 0 Å². The van der Waals surface area contributed by atoms with Gasteiger partial charge < -0.3 is 44.8 Å². The van der Waals surface area contributed by atoms with Gasteiger partial charge in [0.05, 0.1) is 50.2 Å². The number of aliphatic hydroxyl groups excluding tert-OH is 6. The van der Waals surface area contributed by atoms with Crippen LogP contribution in [0.5, 0.6) is 0 Å². The van der Waals surface area contributed by atoms with E-state index in [0.29, 0.717) is 25.0 Å². The molecule has 3 saturated carbocycles. The molecule has 10 nitrogen and oxygen atoms in total. The maximum Gasteiger partial charge on any atom is 0.186 e. The number of nitrogens with one attached hydrogen (secondary N) is 1. The van der Waals surface area contributed by atoms with E-state index < -0.39 is 55.6 Å². The molecule has 0 aromatic heterocycles. The molecule has 2 bridgehead atoms. The molecule has 55 heavy (non-hydrogen) atoms. The zero-order valence-corrected chi connectivity index (χ0v) is 34.9. The summed E-state index contributed by atoms with van der Waals surface area (Å²) in [5, 5.41) is 67.0. The van der Waals surface area contributed by atoms with Crippen LogP contribution in [0.4, 0.5) is 0 Å². The fourth-order valence-corrected chi connectivity index (χ4v) is 10.0. The second-order valence-electron chi connectivity index (χ2n) is 18.6. The van der Waals surface area contributed by atoms with Gasteiger partial charge in [0.1, 0.15) is 24.4 Å². The van der Waals surface area contributed by atoms with Crippen molar-refractivity contribution in [1.82, 2.24) is 5.32 Å². The molecule has 0 aromatic carbocycles. The fraction of sp³-hybridized carbons (Fsp3) is 1.00. The molecular weight excluding hydrogens is 698 g/mol. The molecule has 2 heterocycles. The Morgan fingerprint density at radius 2 is 1.16 bits per heavy atom. The lowest BCUT2D eigenvalue weighted by Gasteiger charge is -2.47. The van der Waals surface area contributed by atoms with Gasteiger partial charge in [0.2, 0.25) is 0 Å². The van der Waals surface area contributed by atoms with Crippen molar-refractivity contribution in [2.45, 2.75) is 248 Å². The average molecular weight is 784 g/mol. The van der Waals surface area contributed by atoms with Crippen LogP contribution in [-0.2, 0) is 14.2 Å². The summed E-state index contributed by atoms with van der Waals surface area (Å²) in [6.45, 7) is 2.61. The number of rotatable bonds is 32. The van der Waals surface area contributed by atoms with Crippen molar-refractivity contribution in [3.05, 3.63) is 0 Å². The van der Waals surface area contributed by atoms with Crippen molar-refractivity contribution in [3.63, 3.8) is 0 Å². The van der Waals surface area contributed by atoms with Gasteiger partial charge in [0.25, 0.3) is 0 Å². The van der Waals surface area contributed by atoms with Crippen LogP contribution in [0.15, 0.2) is 0 Å². The number of aliphatic hydroxyl groups is 6. The fourth-order valence-electron chi connectivity index (χ4n) is 10.0. The predicted octanol–water partition coefficient (Wildman–Crippen LogP) is 7.21. The molecule has 324 valence electrons. The van der Waals surface area contributed by atoms with Crippen LogP contribution in [0.1, 0.15) is 193 Å². The van der Waals surface area contributed by atoms with Crippen molar-refractivity contribution in [2.75, 3.05) is 26.4 Å².